The van der Waals surface area contributed by atoms with Gasteiger partial charge in [-0.1, -0.05) is 58.5 Å². The predicted octanol–water partition coefficient (Wildman–Crippen LogP) is 5.19. The van der Waals surface area contributed by atoms with Crippen molar-refractivity contribution in [1.82, 2.24) is 5.32 Å². The molecule has 0 aliphatic rings. The molecule has 0 heterocycles. The number of amides is 1. The van der Waals surface area contributed by atoms with Crippen LogP contribution in [-0.4, -0.2) is 15.9 Å². The average molecular weight is 392 g/mol. The van der Waals surface area contributed by atoms with Gasteiger partial charge in [-0.2, -0.15) is 0 Å². The maximum atomic E-state index is 12.3. The van der Waals surface area contributed by atoms with Crippen LogP contribution in [0.2, 0.25) is 5.02 Å². The third kappa shape index (κ3) is 5.47. The highest BCUT2D eigenvalue weighted by atomic mass is 35.6. The zero-order valence-electron chi connectivity index (χ0n) is 12.1. The fourth-order valence-corrected chi connectivity index (χ4v) is 2.37. The molecule has 0 bridgehead atoms. The third-order valence-corrected chi connectivity index (χ3v) is 3.94. The van der Waals surface area contributed by atoms with Crippen LogP contribution in [-0.2, 0) is 0 Å². The van der Waals surface area contributed by atoms with Crippen molar-refractivity contribution in [1.29, 1.82) is 0 Å². The Morgan fingerprint density at radius 2 is 1.74 bits per heavy atom. The molecule has 0 fully saturated rings. The number of hydrogen-bond donors (Lipinski definition) is 2. The van der Waals surface area contributed by atoms with Gasteiger partial charge in [0.2, 0.25) is 3.79 Å². The van der Waals surface area contributed by atoms with Gasteiger partial charge in [0.05, 0.1) is 0 Å². The number of halogens is 4. The van der Waals surface area contributed by atoms with Gasteiger partial charge in [0.25, 0.3) is 5.91 Å². The van der Waals surface area contributed by atoms with Crippen LogP contribution in [0.3, 0.4) is 0 Å². The first kappa shape index (κ1) is 18.2. The van der Waals surface area contributed by atoms with Gasteiger partial charge in [-0.05, 0) is 48.9 Å². The van der Waals surface area contributed by atoms with Gasteiger partial charge < -0.3 is 10.6 Å². The highest BCUT2D eigenvalue weighted by molar-refractivity contribution is 6.68. The van der Waals surface area contributed by atoms with Gasteiger partial charge in [-0.15, -0.1) is 0 Å². The summed E-state index contributed by atoms with van der Waals surface area (Å²) >= 11 is 23.7. The van der Waals surface area contributed by atoms with Crippen LogP contribution in [0.25, 0.3) is 0 Å². The zero-order chi connectivity index (χ0) is 17.0. The van der Waals surface area contributed by atoms with Gasteiger partial charge in [0.1, 0.15) is 6.17 Å². The van der Waals surface area contributed by atoms with E-state index in [2.05, 4.69) is 10.6 Å². The molecule has 0 spiro atoms. The minimum absolute atomic E-state index is 0.377. The molecule has 23 heavy (non-hydrogen) atoms. The first-order chi connectivity index (χ1) is 10.8. The van der Waals surface area contributed by atoms with E-state index >= 15 is 0 Å². The quantitative estimate of drug-likeness (QED) is 0.556. The van der Waals surface area contributed by atoms with E-state index in [4.69, 9.17) is 46.4 Å². The lowest BCUT2D eigenvalue weighted by molar-refractivity contribution is 0.0942. The standard InChI is InChI=1S/C16H14Cl4N2O/c1-10-3-2-4-13(9-10)21-15(16(18,19)20)22-14(23)11-5-7-12(17)8-6-11/h2-9,15,21H,1H3,(H,22,23)/t15-/m1/s1. The lowest BCUT2D eigenvalue weighted by Gasteiger charge is -2.27. The second-order valence-corrected chi connectivity index (χ2v) is 7.77. The van der Waals surface area contributed by atoms with E-state index in [1.54, 1.807) is 24.3 Å². The Bertz CT molecular complexity index is 683. The number of nitrogens with one attached hydrogen (secondary N) is 2. The van der Waals surface area contributed by atoms with Crippen molar-refractivity contribution in [2.45, 2.75) is 16.9 Å². The third-order valence-electron chi connectivity index (χ3n) is 3.04. The summed E-state index contributed by atoms with van der Waals surface area (Å²) in [7, 11) is 0. The van der Waals surface area contributed by atoms with E-state index in [9.17, 15) is 4.79 Å². The van der Waals surface area contributed by atoms with Crippen molar-refractivity contribution in [3.63, 3.8) is 0 Å². The number of anilines is 1. The Hall–Kier alpha value is -1.13. The molecule has 1 amide bonds. The largest absolute Gasteiger partial charge is 0.362 e. The van der Waals surface area contributed by atoms with Crippen LogP contribution in [0.15, 0.2) is 48.5 Å². The van der Waals surface area contributed by atoms with E-state index in [1.807, 2.05) is 31.2 Å². The number of hydrogen-bond acceptors (Lipinski definition) is 2. The Morgan fingerprint density at radius 1 is 1.09 bits per heavy atom. The van der Waals surface area contributed by atoms with E-state index in [1.165, 1.54) is 0 Å². The van der Waals surface area contributed by atoms with Crippen molar-refractivity contribution < 1.29 is 4.79 Å². The van der Waals surface area contributed by atoms with E-state index in [0.29, 0.717) is 10.6 Å². The Kier molecular flexibility index (Phi) is 6.04. The van der Waals surface area contributed by atoms with Crippen LogP contribution in [0, 0.1) is 6.92 Å². The molecule has 2 N–H and O–H groups in total. The number of carbonyl (C=O) groups excluding carboxylic acids is 1. The normalized spacial score (nSPS) is 12.6. The topological polar surface area (TPSA) is 41.1 Å². The molecule has 1 atom stereocenters. The van der Waals surface area contributed by atoms with Crippen LogP contribution in [0.5, 0.6) is 0 Å². The van der Waals surface area contributed by atoms with Gasteiger partial charge in [-0.3, -0.25) is 4.79 Å². The first-order valence-electron chi connectivity index (χ1n) is 6.72. The maximum absolute atomic E-state index is 12.3. The van der Waals surface area contributed by atoms with Crippen molar-refractivity contribution >= 4 is 58.0 Å². The predicted molar refractivity (Wildman–Crippen MR) is 97.8 cm³/mol. The second-order valence-electron chi connectivity index (χ2n) is 4.97. The van der Waals surface area contributed by atoms with Gasteiger partial charge >= 0.3 is 0 Å². The van der Waals surface area contributed by atoms with Crippen LogP contribution in [0.4, 0.5) is 5.69 Å². The molecular formula is C16H14Cl4N2O. The van der Waals surface area contributed by atoms with Crippen LogP contribution >= 0.6 is 46.4 Å². The summed E-state index contributed by atoms with van der Waals surface area (Å²) in [4.78, 5) is 12.3. The number of benzene rings is 2. The SMILES string of the molecule is Cc1cccc(N[C@H](NC(=O)c2ccc(Cl)cc2)C(Cl)(Cl)Cl)c1. The smallest absolute Gasteiger partial charge is 0.252 e. The average Bonchev–Trinajstić information content (AvgIpc) is 2.46. The summed E-state index contributed by atoms with van der Waals surface area (Å²) in [6, 6.07) is 14.0. The molecule has 122 valence electrons. The van der Waals surface area contributed by atoms with Crippen LogP contribution < -0.4 is 10.6 Å². The van der Waals surface area contributed by atoms with Crippen molar-refractivity contribution in [2.75, 3.05) is 5.32 Å². The molecule has 7 heteroatoms. The number of carbonyl (C=O) groups is 1. The Labute approximate surface area is 154 Å². The molecule has 0 aliphatic carbocycles. The Morgan fingerprint density at radius 3 is 2.30 bits per heavy atom. The molecule has 2 aromatic carbocycles. The summed E-state index contributed by atoms with van der Waals surface area (Å²) in [6.45, 7) is 1.95. The van der Waals surface area contributed by atoms with Crippen LogP contribution in [0.1, 0.15) is 15.9 Å². The molecular weight excluding hydrogens is 378 g/mol. The molecule has 2 rings (SSSR count). The molecule has 0 saturated heterocycles. The number of alkyl halides is 3. The number of rotatable bonds is 4. The van der Waals surface area contributed by atoms with Crippen molar-refractivity contribution in [2.24, 2.45) is 0 Å². The molecule has 0 aromatic heterocycles. The van der Waals surface area contributed by atoms with Gasteiger partial charge in [-0.25, -0.2) is 0 Å². The lowest BCUT2D eigenvalue weighted by Crippen LogP contribution is -2.49. The molecule has 2 aromatic rings. The summed E-state index contributed by atoms with van der Waals surface area (Å²) < 4.78 is -1.73. The van der Waals surface area contributed by atoms with Crippen molar-refractivity contribution in [3.8, 4) is 0 Å². The molecule has 3 nitrogen and oxygen atoms in total. The minimum atomic E-state index is -1.73. The fraction of sp³-hybridized carbons (Fsp3) is 0.188. The minimum Gasteiger partial charge on any atom is -0.362 e. The summed E-state index contributed by atoms with van der Waals surface area (Å²) in [5.41, 5.74) is 2.19. The zero-order valence-corrected chi connectivity index (χ0v) is 15.1. The summed E-state index contributed by atoms with van der Waals surface area (Å²) in [5.74, 6) is -0.377. The second kappa shape index (κ2) is 7.63. The summed E-state index contributed by atoms with van der Waals surface area (Å²) in [5, 5.41) is 6.23. The Balaban J connectivity index is 2.16. The molecule has 0 aliphatic heterocycles. The molecule has 0 radical (unpaired) electrons. The fourth-order valence-electron chi connectivity index (χ4n) is 1.92. The first-order valence-corrected chi connectivity index (χ1v) is 8.23. The highest BCUT2D eigenvalue weighted by Gasteiger charge is 2.34. The monoisotopic (exact) mass is 390 g/mol. The molecule has 0 unspecified atom stereocenters. The number of aryl methyl sites for hydroxylation is 1. The van der Waals surface area contributed by atoms with Gasteiger partial charge in [0.15, 0.2) is 0 Å². The summed E-state index contributed by atoms with van der Waals surface area (Å²) in [6.07, 6.45) is -0.905. The lowest BCUT2D eigenvalue weighted by atomic mass is 10.2. The molecule has 0 saturated carbocycles. The maximum Gasteiger partial charge on any atom is 0.252 e. The van der Waals surface area contributed by atoms with E-state index < -0.39 is 9.96 Å². The van der Waals surface area contributed by atoms with Crippen molar-refractivity contribution in [3.05, 3.63) is 64.7 Å². The van der Waals surface area contributed by atoms with E-state index in [-0.39, 0.29) is 5.91 Å². The van der Waals surface area contributed by atoms with E-state index in [0.717, 1.165) is 11.3 Å². The van der Waals surface area contributed by atoms with Gasteiger partial charge in [0, 0.05) is 16.3 Å². The highest BCUT2D eigenvalue weighted by Crippen LogP contribution is 2.31.